The van der Waals surface area contributed by atoms with Crippen LogP contribution in [-0.2, 0) is 4.79 Å². The fraction of sp³-hybridized carbons (Fsp3) is 0.333. The highest BCUT2D eigenvalue weighted by Gasteiger charge is 2.09. The van der Waals surface area contributed by atoms with E-state index in [-0.39, 0.29) is 5.70 Å². The van der Waals surface area contributed by atoms with Gasteiger partial charge in [-0.1, -0.05) is 0 Å². The molecule has 0 aliphatic carbocycles. The third kappa shape index (κ3) is 2.11. The number of nitrogens with zero attached hydrogens (tertiary/aromatic N) is 1. The molecular weight excluding hydrogens is 150 g/mol. The molecule has 0 aliphatic heterocycles. The lowest BCUT2D eigenvalue weighted by atomic mass is 10.4. The number of thioether (sulfide) groups is 1. The van der Waals surface area contributed by atoms with Crippen LogP contribution < -0.4 is 0 Å². The number of hydrogen-bond donors (Lipinski definition) is 1. The van der Waals surface area contributed by atoms with Crippen LogP contribution in [0.5, 0.6) is 0 Å². The van der Waals surface area contributed by atoms with E-state index in [2.05, 4.69) is 4.85 Å². The van der Waals surface area contributed by atoms with Crippen molar-refractivity contribution in [3.8, 4) is 0 Å². The normalized spacial score (nSPS) is 11.7. The molecule has 0 atom stereocenters. The topological polar surface area (TPSA) is 41.7 Å². The lowest BCUT2D eigenvalue weighted by Crippen LogP contribution is -1.97. The molecule has 3 nitrogen and oxygen atoms in total. The van der Waals surface area contributed by atoms with E-state index in [1.54, 1.807) is 13.2 Å². The maximum atomic E-state index is 10.2. The second kappa shape index (κ2) is 3.96. The van der Waals surface area contributed by atoms with Gasteiger partial charge in [-0.3, -0.25) is 4.79 Å². The first-order valence-electron chi connectivity index (χ1n) is 2.49. The summed E-state index contributed by atoms with van der Waals surface area (Å²) in [7, 11) is 0. The highest BCUT2D eigenvalue weighted by atomic mass is 32.2. The van der Waals surface area contributed by atoms with Crippen LogP contribution in [0.1, 0.15) is 6.92 Å². The largest absolute Gasteiger partial charge is 0.486 e. The summed E-state index contributed by atoms with van der Waals surface area (Å²) in [5, 5.41) is 8.39. The van der Waals surface area contributed by atoms with Crippen LogP contribution in [0.3, 0.4) is 0 Å². The molecule has 0 rings (SSSR count). The van der Waals surface area contributed by atoms with Gasteiger partial charge in [0, 0.05) is 0 Å². The Morgan fingerprint density at radius 3 is 2.30 bits per heavy atom. The Hall–Kier alpha value is -0.950. The van der Waals surface area contributed by atoms with E-state index in [4.69, 9.17) is 11.7 Å². The van der Waals surface area contributed by atoms with Crippen LogP contribution >= 0.6 is 11.8 Å². The van der Waals surface area contributed by atoms with Crippen molar-refractivity contribution >= 4 is 17.7 Å². The fourth-order valence-electron chi connectivity index (χ4n) is 0.374. The molecule has 0 amide bonds. The van der Waals surface area contributed by atoms with E-state index < -0.39 is 5.97 Å². The summed E-state index contributed by atoms with van der Waals surface area (Å²) >= 11 is 1.27. The van der Waals surface area contributed by atoms with Crippen molar-refractivity contribution in [2.45, 2.75) is 6.92 Å². The molecule has 0 saturated carbocycles. The molecule has 0 aliphatic rings. The molecule has 0 spiro atoms. The highest BCUT2D eigenvalue weighted by Crippen LogP contribution is 2.16. The SMILES string of the molecule is [C-]#[N+]/C(C(=O)O)=C(\C)SC. The van der Waals surface area contributed by atoms with E-state index >= 15 is 0 Å². The van der Waals surface area contributed by atoms with E-state index in [1.807, 2.05) is 0 Å². The molecule has 0 aromatic carbocycles. The number of aliphatic carboxylic acids is 1. The van der Waals surface area contributed by atoms with Crippen LogP contribution in [0.2, 0.25) is 0 Å². The van der Waals surface area contributed by atoms with E-state index in [0.29, 0.717) is 4.91 Å². The monoisotopic (exact) mass is 157 g/mol. The zero-order valence-corrected chi connectivity index (χ0v) is 6.53. The van der Waals surface area contributed by atoms with Crippen LogP contribution in [0.25, 0.3) is 4.85 Å². The summed E-state index contributed by atoms with van der Waals surface area (Å²) in [5.74, 6) is -1.15. The predicted octanol–water partition coefficient (Wildman–Crippen LogP) is 1.58. The van der Waals surface area contributed by atoms with E-state index in [9.17, 15) is 4.79 Å². The Labute approximate surface area is 63.6 Å². The molecule has 0 heterocycles. The van der Waals surface area contributed by atoms with Gasteiger partial charge < -0.3 is 5.11 Å². The Kier molecular flexibility index (Phi) is 3.59. The van der Waals surface area contributed by atoms with Gasteiger partial charge in [0.2, 0.25) is 0 Å². The van der Waals surface area contributed by atoms with Gasteiger partial charge in [0.05, 0.1) is 6.57 Å². The van der Waals surface area contributed by atoms with Crippen LogP contribution in [0, 0.1) is 6.57 Å². The average molecular weight is 157 g/mol. The molecule has 1 N–H and O–H groups in total. The molecule has 0 fully saturated rings. The minimum absolute atomic E-state index is 0.187. The Morgan fingerprint density at radius 2 is 2.20 bits per heavy atom. The predicted molar refractivity (Wildman–Crippen MR) is 40.5 cm³/mol. The van der Waals surface area contributed by atoms with Crippen molar-refractivity contribution in [2.24, 2.45) is 0 Å². The zero-order chi connectivity index (χ0) is 8.15. The van der Waals surface area contributed by atoms with Crippen molar-refractivity contribution < 1.29 is 9.90 Å². The van der Waals surface area contributed by atoms with Gasteiger partial charge in [-0.05, 0) is 18.1 Å². The third-order valence-corrected chi connectivity index (χ3v) is 1.76. The van der Waals surface area contributed by atoms with Gasteiger partial charge in [0.25, 0.3) is 5.70 Å². The second-order valence-electron chi connectivity index (χ2n) is 1.53. The molecular formula is C6H7NO2S. The van der Waals surface area contributed by atoms with E-state index in [1.165, 1.54) is 11.8 Å². The first-order valence-corrected chi connectivity index (χ1v) is 3.71. The van der Waals surface area contributed by atoms with Crippen molar-refractivity contribution in [1.29, 1.82) is 0 Å². The number of rotatable bonds is 2. The molecule has 0 bridgehead atoms. The molecule has 0 aromatic heterocycles. The maximum Gasteiger partial charge on any atom is 0.334 e. The average Bonchev–Trinajstić information content (AvgIpc) is 1.88. The second-order valence-corrected chi connectivity index (χ2v) is 2.55. The number of carbonyl (C=O) groups is 1. The number of carboxylic acids is 1. The van der Waals surface area contributed by atoms with Gasteiger partial charge in [0.1, 0.15) is 0 Å². The van der Waals surface area contributed by atoms with Crippen LogP contribution in [-0.4, -0.2) is 17.3 Å². The quantitative estimate of drug-likeness (QED) is 0.488. The van der Waals surface area contributed by atoms with Crippen molar-refractivity contribution in [3.05, 3.63) is 22.0 Å². The zero-order valence-electron chi connectivity index (χ0n) is 5.71. The molecule has 4 heteroatoms. The summed E-state index contributed by atoms with van der Waals surface area (Å²) in [6.07, 6.45) is 1.74. The Balaban J connectivity index is 4.68. The van der Waals surface area contributed by atoms with Gasteiger partial charge in [0.15, 0.2) is 0 Å². The number of carboxylic acid groups (broad SMARTS) is 1. The summed E-state index contributed by atoms with van der Waals surface area (Å²) in [5.41, 5.74) is -0.187. The molecule has 10 heavy (non-hydrogen) atoms. The maximum absolute atomic E-state index is 10.2. The van der Waals surface area contributed by atoms with Gasteiger partial charge in [-0.25, -0.2) is 4.85 Å². The summed E-state index contributed by atoms with van der Waals surface area (Å²) in [6.45, 7) is 8.11. The fourth-order valence-corrected chi connectivity index (χ4v) is 0.700. The lowest BCUT2D eigenvalue weighted by molar-refractivity contribution is -0.132. The summed E-state index contributed by atoms with van der Waals surface area (Å²) in [4.78, 5) is 13.7. The standard InChI is InChI=1S/C6H7NO2S/c1-4(10-3)5(7-2)6(8)9/h1,3H3,(H,8,9)/b5-4+. The summed E-state index contributed by atoms with van der Waals surface area (Å²) in [6, 6.07) is 0. The van der Waals surface area contributed by atoms with Crippen LogP contribution in [0.4, 0.5) is 0 Å². The number of allylic oxidation sites excluding steroid dienone is 1. The van der Waals surface area contributed by atoms with E-state index in [0.717, 1.165) is 0 Å². The smallest absolute Gasteiger partial charge is 0.334 e. The molecule has 0 unspecified atom stereocenters. The molecule has 0 aromatic rings. The summed E-state index contributed by atoms with van der Waals surface area (Å²) < 4.78 is 0. The number of hydrogen-bond acceptors (Lipinski definition) is 2. The minimum Gasteiger partial charge on any atom is -0.486 e. The van der Waals surface area contributed by atoms with Crippen molar-refractivity contribution in [1.82, 2.24) is 0 Å². The molecule has 0 saturated heterocycles. The van der Waals surface area contributed by atoms with Gasteiger partial charge in [-0.2, -0.15) is 0 Å². The minimum atomic E-state index is -1.15. The Morgan fingerprint density at radius 1 is 1.70 bits per heavy atom. The molecule has 0 radical (unpaired) electrons. The molecule has 54 valence electrons. The lowest BCUT2D eigenvalue weighted by Gasteiger charge is -1.94. The van der Waals surface area contributed by atoms with Crippen LogP contribution in [0.15, 0.2) is 10.6 Å². The highest BCUT2D eigenvalue weighted by molar-refractivity contribution is 8.02. The third-order valence-electron chi connectivity index (χ3n) is 0.954. The van der Waals surface area contributed by atoms with Crippen molar-refractivity contribution in [2.75, 3.05) is 6.26 Å². The first kappa shape index (κ1) is 9.05. The van der Waals surface area contributed by atoms with Gasteiger partial charge in [-0.15, -0.1) is 11.8 Å². The Bertz CT molecular complexity index is 214. The van der Waals surface area contributed by atoms with Gasteiger partial charge >= 0.3 is 5.97 Å². The first-order chi connectivity index (χ1) is 4.63. The van der Waals surface area contributed by atoms with Crippen molar-refractivity contribution in [3.63, 3.8) is 0 Å².